The largest absolute Gasteiger partial charge is 0.494 e. The highest BCUT2D eigenvalue weighted by molar-refractivity contribution is 5.91. The molecule has 0 saturated carbocycles. The fraction of sp³-hybridized carbons (Fsp3) is 0.167. The molecule has 23 heavy (non-hydrogen) atoms. The maximum absolute atomic E-state index is 13.7. The maximum Gasteiger partial charge on any atom is 0.244 e. The van der Waals surface area contributed by atoms with Crippen molar-refractivity contribution in [1.82, 2.24) is 5.32 Å². The normalized spacial score (nSPS) is 12.2. The molecule has 0 aromatic heterocycles. The predicted molar refractivity (Wildman–Crippen MR) is 84.9 cm³/mol. The Morgan fingerprint density at radius 3 is 2.65 bits per heavy atom. The smallest absolute Gasteiger partial charge is 0.244 e. The van der Waals surface area contributed by atoms with E-state index in [1.54, 1.807) is 25.1 Å². The third-order valence-electron chi connectivity index (χ3n) is 3.31. The molecule has 1 atom stereocenters. The molecule has 2 aromatic carbocycles. The van der Waals surface area contributed by atoms with Crippen LogP contribution in [0, 0.1) is 11.6 Å². The van der Waals surface area contributed by atoms with Crippen molar-refractivity contribution < 1.29 is 18.3 Å². The molecule has 0 spiro atoms. The molecule has 1 N–H and O–H groups in total. The molecule has 0 aliphatic rings. The van der Waals surface area contributed by atoms with Crippen molar-refractivity contribution in [2.75, 3.05) is 7.11 Å². The molecular weight excluding hydrogens is 300 g/mol. The Kier molecular flexibility index (Phi) is 5.46. The second-order valence-electron chi connectivity index (χ2n) is 5.01. The number of carbonyl (C=O) groups excluding carboxylic acids is 1. The molecule has 3 nitrogen and oxygen atoms in total. The van der Waals surface area contributed by atoms with E-state index in [-0.39, 0.29) is 23.5 Å². The van der Waals surface area contributed by atoms with Crippen molar-refractivity contribution >= 4 is 12.0 Å². The minimum absolute atomic E-state index is 0.151. The van der Waals surface area contributed by atoms with Crippen LogP contribution in [-0.4, -0.2) is 13.0 Å². The van der Waals surface area contributed by atoms with E-state index in [2.05, 4.69) is 5.32 Å². The van der Waals surface area contributed by atoms with E-state index in [4.69, 9.17) is 4.74 Å². The molecule has 0 fully saturated rings. The van der Waals surface area contributed by atoms with Crippen LogP contribution in [0.15, 0.2) is 48.5 Å². The van der Waals surface area contributed by atoms with Gasteiger partial charge in [-0.25, -0.2) is 8.78 Å². The molecule has 0 aliphatic carbocycles. The molecule has 120 valence electrons. The Bertz CT molecular complexity index is 729. The second-order valence-corrected chi connectivity index (χ2v) is 5.01. The first kappa shape index (κ1) is 16.7. The van der Waals surface area contributed by atoms with Crippen LogP contribution >= 0.6 is 0 Å². The van der Waals surface area contributed by atoms with Crippen LogP contribution in [0.4, 0.5) is 8.78 Å². The minimum atomic E-state index is -0.485. The van der Waals surface area contributed by atoms with Gasteiger partial charge in [0.05, 0.1) is 13.2 Å². The summed E-state index contributed by atoms with van der Waals surface area (Å²) in [6.45, 7) is 1.75. The van der Waals surface area contributed by atoms with E-state index < -0.39 is 5.82 Å². The highest BCUT2D eigenvalue weighted by Gasteiger charge is 2.11. The number of carbonyl (C=O) groups is 1. The average Bonchev–Trinajstić information content (AvgIpc) is 2.53. The van der Waals surface area contributed by atoms with Crippen molar-refractivity contribution in [2.24, 2.45) is 0 Å². The molecule has 0 bridgehead atoms. The van der Waals surface area contributed by atoms with Crippen LogP contribution in [0.1, 0.15) is 24.1 Å². The Hall–Kier alpha value is -2.69. The first-order chi connectivity index (χ1) is 11.0. The second kappa shape index (κ2) is 7.54. The summed E-state index contributed by atoms with van der Waals surface area (Å²) in [5.41, 5.74) is 1.21. The molecule has 0 saturated heterocycles. The van der Waals surface area contributed by atoms with Crippen LogP contribution < -0.4 is 10.1 Å². The van der Waals surface area contributed by atoms with E-state index in [0.717, 1.165) is 0 Å². The first-order valence-corrected chi connectivity index (χ1v) is 7.07. The van der Waals surface area contributed by atoms with Gasteiger partial charge in [-0.15, -0.1) is 0 Å². The topological polar surface area (TPSA) is 38.3 Å². The van der Waals surface area contributed by atoms with E-state index in [1.165, 1.54) is 43.5 Å². The number of nitrogens with one attached hydrogen (secondary N) is 1. The first-order valence-electron chi connectivity index (χ1n) is 7.07. The van der Waals surface area contributed by atoms with E-state index in [0.29, 0.717) is 11.1 Å². The molecule has 0 radical (unpaired) electrons. The van der Waals surface area contributed by atoms with Gasteiger partial charge in [-0.05, 0) is 48.4 Å². The Morgan fingerprint density at radius 2 is 2.00 bits per heavy atom. The Balaban J connectivity index is 2.00. The summed E-state index contributed by atoms with van der Waals surface area (Å²) in [6.07, 6.45) is 2.82. The highest BCUT2D eigenvalue weighted by atomic mass is 19.1. The summed E-state index contributed by atoms with van der Waals surface area (Å²) in [5.74, 6) is -1.05. The summed E-state index contributed by atoms with van der Waals surface area (Å²) >= 11 is 0. The quantitative estimate of drug-likeness (QED) is 0.850. The summed E-state index contributed by atoms with van der Waals surface area (Å²) in [6, 6.07) is 10.0. The third kappa shape index (κ3) is 4.64. The molecule has 5 heteroatoms. The summed E-state index contributed by atoms with van der Waals surface area (Å²) in [7, 11) is 1.39. The van der Waals surface area contributed by atoms with Crippen LogP contribution in [-0.2, 0) is 4.79 Å². The molecule has 0 heterocycles. The van der Waals surface area contributed by atoms with E-state index in [1.807, 2.05) is 0 Å². The minimum Gasteiger partial charge on any atom is -0.494 e. The number of hydrogen-bond donors (Lipinski definition) is 1. The van der Waals surface area contributed by atoms with Crippen LogP contribution in [0.25, 0.3) is 6.08 Å². The van der Waals surface area contributed by atoms with Crippen LogP contribution in [0.5, 0.6) is 5.75 Å². The summed E-state index contributed by atoms with van der Waals surface area (Å²) in [4.78, 5) is 11.9. The van der Waals surface area contributed by atoms with E-state index in [9.17, 15) is 13.6 Å². The third-order valence-corrected chi connectivity index (χ3v) is 3.31. The fourth-order valence-corrected chi connectivity index (χ4v) is 2.08. The summed E-state index contributed by atoms with van der Waals surface area (Å²) in [5, 5.41) is 2.72. The summed E-state index contributed by atoms with van der Waals surface area (Å²) < 4.78 is 31.6. The van der Waals surface area contributed by atoms with Crippen molar-refractivity contribution in [3.05, 3.63) is 71.3 Å². The number of hydrogen-bond acceptors (Lipinski definition) is 2. The lowest BCUT2D eigenvalue weighted by Gasteiger charge is -2.14. The standard InChI is InChI=1S/C18H17F2NO2/c1-12(14-7-8-17(23-2)16(20)11-14)21-18(22)9-6-13-4-3-5-15(19)10-13/h3-12H,1-2H3,(H,21,22)/b9-6+/t12-/m1/s1. The van der Waals surface area contributed by atoms with Gasteiger partial charge in [-0.2, -0.15) is 0 Å². The van der Waals surface area contributed by atoms with Gasteiger partial charge in [-0.1, -0.05) is 18.2 Å². The average molecular weight is 317 g/mol. The van der Waals surface area contributed by atoms with Gasteiger partial charge in [-0.3, -0.25) is 4.79 Å². The van der Waals surface area contributed by atoms with Gasteiger partial charge in [0.2, 0.25) is 5.91 Å². The van der Waals surface area contributed by atoms with Gasteiger partial charge in [0.15, 0.2) is 11.6 Å². The van der Waals surface area contributed by atoms with Crippen molar-refractivity contribution in [3.8, 4) is 5.75 Å². The zero-order valence-electron chi connectivity index (χ0n) is 12.8. The van der Waals surface area contributed by atoms with Crippen LogP contribution in [0.2, 0.25) is 0 Å². The number of methoxy groups -OCH3 is 1. The zero-order valence-corrected chi connectivity index (χ0v) is 12.8. The monoisotopic (exact) mass is 317 g/mol. The highest BCUT2D eigenvalue weighted by Crippen LogP contribution is 2.21. The number of amides is 1. The molecule has 0 unspecified atom stereocenters. The number of ether oxygens (including phenoxy) is 1. The van der Waals surface area contributed by atoms with Crippen molar-refractivity contribution in [1.29, 1.82) is 0 Å². The van der Waals surface area contributed by atoms with Crippen molar-refractivity contribution in [2.45, 2.75) is 13.0 Å². The zero-order chi connectivity index (χ0) is 16.8. The van der Waals surface area contributed by atoms with Gasteiger partial charge >= 0.3 is 0 Å². The van der Waals surface area contributed by atoms with Gasteiger partial charge in [0.25, 0.3) is 0 Å². The lowest BCUT2D eigenvalue weighted by Crippen LogP contribution is -2.24. The molecule has 1 amide bonds. The SMILES string of the molecule is COc1ccc([C@@H](C)NC(=O)/C=C/c2cccc(F)c2)cc1F. The fourth-order valence-electron chi connectivity index (χ4n) is 2.08. The lowest BCUT2D eigenvalue weighted by molar-refractivity contribution is -0.117. The number of halogens is 2. The van der Waals surface area contributed by atoms with E-state index >= 15 is 0 Å². The molecular formula is C18H17F2NO2. The molecule has 2 rings (SSSR count). The van der Waals surface area contributed by atoms with Gasteiger partial charge in [0.1, 0.15) is 5.82 Å². The molecule has 2 aromatic rings. The van der Waals surface area contributed by atoms with Crippen LogP contribution in [0.3, 0.4) is 0 Å². The van der Waals surface area contributed by atoms with Gasteiger partial charge in [0, 0.05) is 6.08 Å². The number of benzene rings is 2. The maximum atomic E-state index is 13.7. The lowest BCUT2D eigenvalue weighted by atomic mass is 10.1. The predicted octanol–water partition coefficient (Wildman–Crippen LogP) is 3.86. The Morgan fingerprint density at radius 1 is 1.22 bits per heavy atom. The number of rotatable bonds is 5. The van der Waals surface area contributed by atoms with Gasteiger partial charge < -0.3 is 10.1 Å². The van der Waals surface area contributed by atoms with Crippen molar-refractivity contribution in [3.63, 3.8) is 0 Å². The molecule has 0 aliphatic heterocycles. The Labute approximate surface area is 133 Å².